The largest absolute Gasteiger partial charge is 0.497 e. The summed E-state index contributed by atoms with van der Waals surface area (Å²) < 4.78 is 7.56. The Morgan fingerprint density at radius 1 is 1.12 bits per heavy atom. The highest BCUT2D eigenvalue weighted by atomic mass is 16.5. The fourth-order valence-electron chi connectivity index (χ4n) is 3.61. The minimum absolute atomic E-state index is 0.116. The Morgan fingerprint density at radius 3 is 2.58 bits per heavy atom. The number of methoxy groups -OCH3 is 1. The summed E-state index contributed by atoms with van der Waals surface area (Å²) in [4.78, 5) is 2.55. The second-order valence-corrected chi connectivity index (χ2v) is 6.83. The molecule has 1 aromatic heterocycles. The SMILES string of the molecule is COc1cccc(CN(Cc2cccn2C)C2CCC(O)CC2)c1. The van der Waals surface area contributed by atoms with Crippen LogP contribution in [0, 0.1) is 0 Å². The second kappa shape index (κ2) is 7.86. The molecule has 1 aliphatic carbocycles. The van der Waals surface area contributed by atoms with Gasteiger partial charge in [0.15, 0.2) is 0 Å². The van der Waals surface area contributed by atoms with E-state index in [1.165, 1.54) is 11.3 Å². The minimum Gasteiger partial charge on any atom is -0.497 e. The van der Waals surface area contributed by atoms with Crippen LogP contribution < -0.4 is 4.74 Å². The molecule has 0 atom stereocenters. The van der Waals surface area contributed by atoms with E-state index in [1.54, 1.807) is 7.11 Å². The monoisotopic (exact) mass is 328 g/mol. The number of ether oxygens (including phenoxy) is 1. The maximum atomic E-state index is 9.83. The van der Waals surface area contributed by atoms with E-state index in [9.17, 15) is 5.11 Å². The number of nitrogens with zero attached hydrogens (tertiary/aromatic N) is 2. The van der Waals surface area contributed by atoms with Crippen LogP contribution in [-0.4, -0.2) is 33.8 Å². The van der Waals surface area contributed by atoms with Crippen LogP contribution in [-0.2, 0) is 20.1 Å². The summed E-state index contributed by atoms with van der Waals surface area (Å²) in [6.45, 7) is 1.84. The highest BCUT2D eigenvalue weighted by Gasteiger charge is 2.25. The smallest absolute Gasteiger partial charge is 0.119 e. The third-order valence-electron chi connectivity index (χ3n) is 5.12. The second-order valence-electron chi connectivity index (χ2n) is 6.83. The Morgan fingerprint density at radius 2 is 1.92 bits per heavy atom. The molecule has 1 aliphatic rings. The third kappa shape index (κ3) is 4.19. The third-order valence-corrected chi connectivity index (χ3v) is 5.12. The summed E-state index contributed by atoms with van der Waals surface area (Å²) in [5, 5.41) is 9.83. The number of aliphatic hydroxyl groups is 1. The van der Waals surface area contributed by atoms with Crippen molar-refractivity contribution < 1.29 is 9.84 Å². The van der Waals surface area contributed by atoms with Crippen molar-refractivity contribution in [2.45, 2.75) is 50.9 Å². The first-order valence-electron chi connectivity index (χ1n) is 8.81. The van der Waals surface area contributed by atoms with Gasteiger partial charge in [-0.05, 0) is 55.5 Å². The standard InChI is InChI=1S/C20H28N2O2/c1-21-12-4-6-18(21)15-22(17-8-10-19(23)11-9-17)14-16-5-3-7-20(13-16)24-2/h3-7,12-13,17,19,23H,8-11,14-15H2,1-2H3. The van der Waals surface area contributed by atoms with E-state index >= 15 is 0 Å². The van der Waals surface area contributed by atoms with E-state index in [1.807, 2.05) is 6.07 Å². The fraction of sp³-hybridized carbons (Fsp3) is 0.500. The molecular weight excluding hydrogens is 300 g/mol. The Bertz CT molecular complexity index is 645. The van der Waals surface area contributed by atoms with E-state index in [0.29, 0.717) is 6.04 Å². The Labute approximate surface area is 144 Å². The molecule has 1 N–H and O–H groups in total. The number of aryl methyl sites for hydroxylation is 1. The summed E-state index contributed by atoms with van der Waals surface area (Å²) in [6.07, 6.45) is 5.93. The number of hydrogen-bond donors (Lipinski definition) is 1. The van der Waals surface area contributed by atoms with Gasteiger partial charge < -0.3 is 14.4 Å². The zero-order valence-corrected chi connectivity index (χ0v) is 14.7. The van der Waals surface area contributed by atoms with Crippen LogP contribution in [0.4, 0.5) is 0 Å². The molecule has 4 nitrogen and oxygen atoms in total. The molecule has 24 heavy (non-hydrogen) atoms. The molecule has 1 fully saturated rings. The number of aromatic nitrogens is 1. The van der Waals surface area contributed by atoms with Gasteiger partial charge >= 0.3 is 0 Å². The molecule has 0 spiro atoms. The molecule has 0 saturated heterocycles. The van der Waals surface area contributed by atoms with Crippen LogP contribution in [0.1, 0.15) is 36.9 Å². The zero-order valence-electron chi connectivity index (χ0n) is 14.7. The van der Waals surface area contributed by atoms with Gasteiger partial charge in [0.2, 0.25) is 0 Å². The lowest BCUT2D eigenvalue weighted by molar-refractivity contribution is 0.0656. The number of rotatable bonds is 6. The lowest BCUT2D eigenvalue weighted by Crippen LogP contribution is -2.38. The molecule has 0 aliphatic heterocycles. The number of hydrogen-bond acceptors (Lipinski definition) is 3. The highest BCUT2D eigenvalue weighted by Crippen LogP contribution is 2.26. The first kappa shape index (κ1) is 17.1. The van der Waals surface area contributed by atoms with Gasteiger partial charge in [-0.3, -0.25) is 4.90 Å². The van der Waals surface area contributed by atoms with Crippen molar-refractivity contribution in [1.82, 2.24) is 9.47 Å². The average molecular weight is 328 g/mol. The summed E-state index contributed by atoms with van der Waals surface area (Å²) in [6, 6.07) is 13.1. The van der Waals surface area contributed by atoms with Crippen molar-refractivity contribution in [3.05, 3.63) is 53.9 Å². The van der Waals surface area contributed by atoms with Gasteiger partial charge in [-0.25, -0.2) is 0 Å². The van der Waals surface area contributed by atoms with Crippen molar-refractivity contribution in [3.63, 3.8) is 0 Å². The average Bonchev–Trinajstić information content (AvgIpc) is 3.00. The van der Waals surface area contributed by atoms with Gasteiger partial charge in [-0.2, -0.15) is 0 Å². The van der Waals surface area contributed by atoms with Crippen LogP contribution >= 0.6 is 0 Å². The summed E-state index contributed by atoms with van der Waals surface area (Å²) in [7, 11) is 3.81. The normalized spacial score (nSPS) is 21.2. The molecule has 2 aromatic rings. The molecule has 4 heteroatoms. The topological polar surface area (TPSA) is 37.6 Å². The van der Waals surface area contributed by atoms with Crippen molar-refractivity contribution in [1.29, 1.82) is 0 Å². The summed E-state index contributed by atoms with van der Waals surface area (Å²) in [5.74, 6) is 0.908. The molecule has 0 amide bonds. The van der Waals surface area contributed by atoms with E-state index in [-0.39, 0.29) is 6.10 Å². The molecule has 130 valence electrons. The van der Waals surface area contributed by atoms with Crippen molar-refractivity contribution in [2.75, 3.05) is 7.11 Å². The fourth-order valence-corrected chi connectivity index (χ4v) is 3.61. The maximum Gasteiger partial charge on any atom is 0.119 e. The lowest BCUT2D eigenvalue weighted by atomic mass is 9.91. The van der Waals surface area contributed by atoms with Gasteiger partial charge in [0.1, 0.15) is 5.75 Å². The first-order chi connectivity index (χ1) is 11.7. The van der Waals surface area contributed by atoms with E-state index in [2.05, 4.69) is 53.0 Å². The molecule has 0 bridgehead atoms. The number of benzene rings is 1. The Balaban J connectivity index is 1.77. The molecule has 0 unspecified atom stereocenters. The maximum absolute atomic E-state index is 9.83. The lowest BCUT2D eigenvalue weighted by Gasteiger charge is -2.36. The minimum atomic E-state index is -0.116. The van der Waals surface area contributed by atoms with Crippen LogP contribution in [0.25, 0.3) is 0 Å². The molecule has 1 heterocycles. The predicted octanol–water partition coefficient (Wildman–Crippen LogP) is 3.34. The summed E-state index contributed by atoms with van der Waals surface area (Å²) in [5.41, 5.74) is 2.60. The van der Waals surface area contributed by atoms with Crippen LogP contribution in [0.5, 0.6) is 5.75 Å². The van der Waals surface area contributed by atoms with Crippen LogP contribution in [0.15, 0.2) is 42.6 Å². The van der Waals surface area contributed by atoms with Crippen LogP contribution in [0.3, 0.4) is 0 Å². The highest BCUT2D eigenvalue weighted by molar-refractivity contribution is 5.28. The predicted molar refractivity (Wildman–Crippen MR) is 95.9 cm³/mol. The van der Waals surface area contributed by atoms with Gasteiger partial charge in [-0.15, -0.1) is 0 Å². The zero-order chi connectivity index (χ0) is 16.9. The molecule has 1 saturated carbocycles. The first-order valence-corrected chi connectivity index (χ1v) is 8.81. The summed E-state index contributed by atoms with van der Waals surface area (Å²) >= 11 is 0. The molecule has 0 radical (unpaired) electrons. The van der Waals surface area contributed by atoms with Gasteiger partial charge in [0.25, 0.3) is 0 Å². The van der Waals surface area contributed by atoms with Crippen molar-refractivity contribution in [2.24, 2.45) is 7.05 Å². The van der Waals surface area contributed by atoms with E-state index in [4.69, 9.17) is 4.74 Å². The Hall–Kier alpha value is -1.78. The van der Waals surface area contributed by atoms with E-state index < -0.39 is 0 Å². The van der Waals surface area contributed by atoms with Crippen molar-refractivity contribution in [3.8, 4) is 5.75 Å². The van der Waals surface area contributed by atoms with Crippen molar-refractivity contribution >= 4 is 0 Å². The molecular formula is C20H28N2O2. The molecule has 1 aromatic carbocycles. The van der Waals surface area contributed by atoms with Gasteiger partial charge in [-0.1, -0.05) is 12.1 Å². The Kier molecular flexibility index (Phi) is 5.59. The van der Waals surface area contributed by atoms with E-state index in [0.717, 1.165) is 44.5 Å². The quantitative estimate of drug-likeness (QED) is 0.884. The number of aliphatic hydroxyl groups excluding tert-OH is 1. The van der Waals surface area contributed by atoms with Crippen LogP contribution in [0.2, 0.25) is 0 Å². The van der Waals surface area contributed by atoms with Gasteiger partial charge in [0.05, 0.1) is 13.2 Å². The molecule has 3 rings (SSSR count). The van der Waals surface area contributed by atoms with Gasteiger partial charge in [0, 0.05) is 38.1 Å².